The third-order valence-corrected chi connectivity index (χ3v) is 17.9. The molecule has 0 aromatic heterocycles. The summed E-state index contributed by atoms with van der Waals surface area (Å²) in [6.07, 6.45) is 9.61. The Morgan fingerprint density at radius 1 is 0.471 bits per heavy atom. The molecular formula is C30H28Cl2SiZr. The van der Waals surface area contributed by atoms with Crippen LogP contribution in [0.3, 0.4) is 0 Å². The number of hydrogen-bond donors (Lipinski definition) is 0. The molecule has 170 valence electrons. The number of fused-ring (bicyclic) bond motifs is 2. The van der Waals surface area contributed by atoms with Gasteiger partial charge in [0.25, 0.3) is 0 Å². The second-order valence-corrected chi connectivity index (χ2v) is 19.0. The van der Waals surface area contributed by atoms with Crippen LogP contribution in [0, 0.1) is 0 Å². The summed E-state index contributed by atoms with van der Waals surface area (Å²) in [6.45, 7) is 2.34. The molecule has 0 aliphatic heterocycles. The van der Waals surface area contributed by atoms with Gasteiger partial charge in [0.15, 0.2) is 0 Å². The number of rotatable bonds is 3. The topological polar surface area (TPSA) is 0 Å². The van der Waals surface area contributed by atoms with Gasteiger partial charge >= 0.3 is 130 Å². The molecule has 4 aromatic rings. The molecule has 2 aliphatic rings. The van der Waals surface area contributed by atoms with Gasteiger partial charge in [0.1, 0.15) is 0 Å². The van der Waals surface area contributed by atoms with E-state index in [4.69, 9.17) is 0 Å². The largest absolute Gasteiger partial charge is 0.0622 e. The first-order chi connectivity index (χ1) is 15.8. The molecule has 0 bridgehead atoms. The molecule has 0 heterocycles. The van der Waals surface area contributed by atoms with Crippen molar-refractivity contribution in [2.24, 2.45) is 0 Å². The number of benzene rings is 4. The standard InChI is InChI=1S/C12H10.2C9H7.2ClH.H2Si.Zr/c1-3-7-11(8-4-1)12-9-5-2-6-10-12;2*1-2-5-9-7-3-6-8(9)4-1;;;;/h1-10H;2*1-7H;2*1H;1H2;. The van der Waals surface area contributed by atoms with Gasteiger partial charge < -0.3 is 0 Å². The van der Waals surface area contributed by atoms with Crippen LogP contribution in [0.5, 0.6) is 0 Å². The van der Waals surface area contributed by atoms with Crippen molar-refractivity contribution in [3.63, 3.8) is 0 Å². The first-order valence-electron chi connectivity index (χ1n) is 11.1. The van der Waals surface area contributed by atoms with Crippen molar-refractivity contribution < 1.29 is 20.4 Å². The predicted molar refractivity (Wildman–Crippen MR) is 151 cm³/mol. The van der Waals surface area contributed by atoms with Crippen LogP contribution in [-0.2, 0) is 20.4 Å². The van der Waals surface area contributed by atoms with Gasteiger partial charge in [-0.1, -0.05) is 60.7 Å². The molecule has 4 aromatic carbocycles. The van der Waals surface area contributed by atoms with Crippen molar-refractivity contribution in [1.29, 1.82) is 0 Å². The minimum absolute atomic E-state index is 0. The van der Waals surface area contributed by atoms with Crippen LogP contribution in [0.25, 0.3) is 23.3 Å². The summed E-state index contributed by atoms with van der Waals surface area (Å²) in [5.41, 5.74) is 8.59. The van der Waals surface area contributed by atoms with Gasteiger partial charge in [-0.05, 0) is 11.1 Å². The molecule has 2 unspecified atom stereocenters. The third kappa shape index (κ3) is 5.81. The van der Waals surface area contributed by atoms with E-state index in [2.05, 4.69) is 128 Å². The molecule has 0 radical (unpaired) electrons. The number of allylic oxidation sites excluding steroid dienone is 2. The van der Waals surface area contributed by atoms with E-state index in [9.17, 15) is 0 Å². The van der Waals surface area contributed by atoms with Gasteiger partial charge in [0.05, 0.1) is 0 Å². The maximum Gasteiger partial charge on any atom is -0.0184 e. The summed E-state index contributed by atoms with van der Waals surface area (Å²) < 4.78 is 1.49. The van der Waals surface area contributed by atoms with Crippen molar-refractivity contribution in [2.45, 2.75) is 7.25 Å². The third-order valence-electron chi connectivity index (χ3n) is 6.28. The summed E-state index contributed by atoms with van der Waals surface area (Å²) in [7, 11) is 0. The van der Waals surface area contributed by atoms with Gasteiger partial charge in [0.2, 0.25) is 0 Å². The smallest absolute Gasteiger partial charge is 0.0184 e. The van der Waals surface area contributed by atoms with Crippen LogP contribution in [0.2, 0.25) is 0 Å². The molecule has 34 heavy (non-hydrogen) atoms. The average molecular weight is 579 g/mol. The van der Waals surface area contributed by atoms with E-state index in [-0.39, 0.29) is 24.8 Å². The van der Waals surface area contributed by atoms with Crippen LogP contribution in [0.15, 0.2) is 121 Å². The summed E-state index contributed by atoms with van der Waals surface area (Å²) in [6, 6.07) is 38.6. The second-order valence-electron chi connectivity index (χ2n) is 8.24. The molecule has 6 rings (SSSR count). The zero-order valence-corrected chi connectivity index (χ0v) is 24.4. The molecule has 0 fully saturated rings. The minimum atomic E-state index is -1.57. The van der Waals surface area contributed by atoms with E-state index in [0.717, 1.165) is 7.25 Å². The Hall–Kier alpha value is -1.96. The molecule has 0 spiro atoms. The summed E-state index contributed by atoms with van der Waals surface area (Å²) in [4.78, 5) is 0. The number of hydrogen-bond acceptors (Lipinski definition) is 0. The van der Waals surface area contributed by atoms with Gasteiger partial charge in [-0.25, -0.2) is 0 Å². The van der Waals surface area contributed by atoms with Gasteiger partial charge in [-0.15, -0.1) is 24.8 Å². The second kappa shape index (κ2) is 12.7. The Morgan fingerprint density at radius 2 is 0.824 bits per heavy atom. The average Bonchev–Trinajstić information content (AvgIpc) is 3.50. The molecule has 2 aliphatic carbocycles. The van der Waals surface area contributed by atoms with Crippen molar-refractivity contribution in [2.75, 3.05) is 0 Å². The summed E-state index contributed by atoms with van der Waals surface area (Å²) in [5.74, 6) is 0. The Morgan fingerprint density at radius 3 is 1.24 bits per heavy atom. The molecule has 2 atom stereocenters. The van der Waals surface area contributed by atoms with Crippen molar-refractivity contribution in [1.82, 2.24) is 0 Å². The molecule has 0 saturated carbocycles. The zero-order valence-electron chi connectivity index (χ0n) is 18.9. The first-order valence-corrected chi connectivity index (χ1v) is 19.9. The van der Waals surface area contributed by atoms with E-state index >= 15 is 0 Å². The molecule has 4 heteroatoms. The predicted octanol–water partition coefficient (Wildman–Crippen LogP) is 7.89. The summed E-state index contributed by atoms with van der Waals surface area (Å²) >= 11 is -1.57. The fourth-order valence-corrected chi connectivity index (χ4v) is 14.7. The first kappa shape index (κ1) is 26.6. The van der Waals surface area contributed by atoms with E-state index in [1.54, 1.807) is 11.1 Å². The van der Waals surface area contributed by atoms with Crippen LogP contribution < -0.4 is 0 Å². The van der Waals surface area contributed by atoms with Crippen LogP contribution in [0.4, 0.5) is 0 Å². The molecule has 0 saturated heterocycles. The van der Waals surface area contributed by atoms with Gasteiger partial charge in [-0.3, -0.25) is 0 Å². The SMILES string of the molecule is Cl.Cl.[SiH2]=[Zr]([CH]1C=Cc2ccccc21)[CH]1C=Cc2ccccc21.c1ccc(-c2ccccc2)cc1. The van der Waals surface area contributed by atoms with E-state index < -0.39 is 20.4 Å². The minimum Gasteiger partial charge on any atom is -0.0622 e. The van der Waals surface area contributed by atoms with Gasteiger partial charge in [0, 0.05) is 0 Å². The molecule has 0 amide bonds. The normalized spacial score (nSPS) is 16.2. The fraction of sp³-hybridized carbons (Fsp3) is 0.0667. The van der Waals surface area contributed by atoms with Crippen LogP contribution in [-0.4, -0.2) is 6.88 Å². The van der Waals surface area contributed by atoms with E-state index in [0.29, 0.717) is 0 Å². The van der Waals surface area contributed by atoms with E-state index in [1.165, 1.54) is 22.3 Å². The Kier molecular flexibility index (Phi) is 9.92. The van der Waals surface area contributed by atoms with E-state index in [1.807, 2.05) is 12.1 Å². The Bertz CT molecular complexity index is 1200. The van der Waals surface area contributed by atoms with Crippen LogP contribution >= 0.6 is 24.8 Å². The zero-order chi connectivity index (χ0) is 21.8. The maximum atomic E-state index is 2.47. The Labute approximate surface area is 224 Å². The molecule has 0 N–H and O–H groups in total. The molecule has 0 nitrogen and oxygen atoms in total. The quantitative estimate of drug-likeness (QED) is 0.217. The molecular weight excluding hydrogens is 551 g/mol. The van der Waals surface area contributed by atoms with Gasteiger partial charge in [-0.2, -0.15) is 0 Å². The van der Waals surface area contributed by atoms with Crippen molar-refractivity contribution >= 4 is 43.8 Å². The Balaban J connectivity index is 0.000000201. The maximum absolute atomic E-state index is 2.47. The number of halogens is 2. The monoisotopic (exact) mass is 576 g/mol. The van der Waals surface area contributed by atoms with Crippen LogP contribution in [0.1, 0.15) is 29.5 Å². The van der Waals surface area contributed by atoms with Crippen molar-refractivity contribution in [3.05, 3.63) is 144 Å². The fourth-order valence-electron chi connectivity index (χ4n) is 4.60. The van der Waals surface area contributed by atoms with Crippen molar-refractivity contribution in [3.8, 4) is 11.1 Å². The summed E-state index contributed by atoms with van der Waals surface area (Å²) in [5, 5.41) is 0.